The average Bonchev–Trinajstić information content (AvgIpc) is 3.04. The quantitative estimate of drug-likeness (QED) is 0.108. The number of ether oxygens (including phenoxy) is 4. The number of alkyl carbamates (subject to hydrolysis) is 1. The lowest BCUT2D eigenvalue weighted by Gasteiger charge is -2.28. The summed E-state index contributed by atoms with van der Waals surface area (Å²) in [5, 5.41) is 5.01. The molecule has 0 saturated heterocycles. The normalized spacial score (nSPS) is 13.3. The van der Waals surface area contributed by atoms with E-state index in [2.05, 4.69) is 10.6 Å². The second-order valence-electron chi connectivity index (χ2n) is 17.0. The number of rotatable bonds is 20. The summed E-state index contributed by atoms with van der Waals surface area (Å²) in [4.78, 5) is 118. The molecule has 0 unspecified atom stereocenters. The Kier molecular flexibility index (Phi) is 19.2. The predicted molar refractivity (Wildman–Crippen MR) is 207 cm³/mol. The van der Waals surface area contributed by atoms with E-state index in [4.69, 9.17) is 18.9 Å². The molecule has 0 aliphatic heterocycles. The minimum atomic E-state index is -1.51. The second kappa shape index (κ2) is 22.0. The van der Waals surface area contributed by atoms with E-state index in [9.17, 15) is 43.2 Å². The topological polar surface area (TPSA) is 218 Å². The summed E-state index contributed by atoms with van der Waals surface area (Å²) in [5.74, 6) is -8.64. The van der Waals surface area contributed by atoms with Gasteiger partial charge in [0, 0.05) is 25.7 Å². The molecule has 0 aliphatic rings. The SMILES string of the molecule is CC(=O)C(=O)N(CC(=O)OC(C)(C)C)CC(=O)[C@@H](NC(=O)[C@H](CCC(=O)OC(C)(C)C)CC(=O)[C@H](CC(=O)OC(C)(C)C)NC(=O)OCc1ccccc1)C(C)C. The highest BCUT2D eigenvalue weighted by molar-refractivity contribution is 6.35. The van der Waals surface area contributed by atoms with Crippen molar-refractivity contribution in [2.24, 2.45) is 11.8 Å². The van der Waals surface area contributed by atoms with Crippen LogP contribution in [0.2, 0.25) is 0 Å². The molecular formula is C41H61N3O13. The Labute approximate surface area is 335 Å². The smallest absolute Gasteiger partial charge is 0.408 e. The van der Waals surface area contributed by atoms with Crippen molar-refractivity contribution in [2.45, 2.75) is 144 Å². The van der Waals surface area contributed by atoms with Gasteiger partial charge >= 0.3 is 24.0 Å². The van der Waals surface area contributed by atoms with Gasteiger partial charge in [0.1, 0.15) is 36.0 Å². The number of benzene rings is 1. The first-order valence-corrected chi connectivity index (χ1v) is 18.8. The molecule has 16 heteroatoms. The molecule has 0 heterocycles. The molecular weight excluding hydrogens is 742 g/mol. The lowest BCUT2D eigenvalue weighted by atomic mass is 9.91. The van der Waals surface area contributed by atoms with Crippen LogP contribution in [0.1, 0.15) is 114 Å². The van der Waals surface area contributed by atoms with Gasteiger partial charge in [0.05, 0.1) is 19.0 Å². The number of Topliss-reactive ketones (excluding diaryl/α,β-unsaturated/α-hetero) is 3. The van der Waals surface area contributed by atoms with Gasteiger partial charge in [0.15, 0.2) is 11.6 Å². The highest BCUT2D eigenvalue weighted by atomic mass is 16.6. The standard InChI is InChI=1S/C41H61N3O13/c1-25(2)35(31(47)22-44(37(52)26(3)45)23-34(50)57-41(10,11)12)43-36(51)28(18-19-32(48)55-39(4,5)6)20-30(46)29(21-33(49)56-40(7,8)9)42-38(53)54-24-27-16-14-13-15-17-27/h13-17,25,28-29,35H,18-24H2,1-12H3,(H,42,53)(H,43,51)/t28-,29+,35+/m1/s1. The first-order valence-electron chi connectivity index (χ1n) is 18.8. The van der Waals surface area contributed by atoms with Gasteiger partial charge < -0.3 is 34.5 Å². The molecule has 0 aromatic heterocycles. The van der Waals surface area contributed by atoms with Gasteiger partial charge in [-0.25, -0.2) is 4.79 Å². The molecule has 318 valence electrons. The molecule has 0 aliphatic carbocycles. The molecule has 1 aromatic rings. The number of nitrogens with zero attached hydrogens (tertiary/aromatic N) is 1. The number of esters is 3. The summed E-state index contributed by atoms with van der Waals surface area (Å²) in [5.41, 5.74) is -2.04. The van der Waals surface area contributed by atoms with Crippen molar-refractivity contribution in [1.82, 2.24) is 15.5 Å². The Hall–Kier alpha value is -5.15. The first-order chi connectivity index (χ1) is 26.1. The van der Waals surface area contributed by atoms with E-state index >= 15 is 0 Å². The number of hydrogen-bond acceptors (Lipinski definition) is 13. The van der Waals surface area contributed by atoms with Crippen LogP contribution in [0.15, 0.2) is 30.3 Å². The van der Waals surface area contributed by atoms with Gasteiger partial charge in [-0.3, -0.25) is 38.4 Å². The van der Waals surface area contributed by atoms with E-state index in [-0.39, 0.29) is 19.4 Å². The molecule has 1 rings (SSSR count). The molecule has 57 heavy (non-hydrogen) atoms. The minimum Gasteiger partial charge on any atom is -0.460 e. The molecule has 0 fully saturated rings. The van der Waals surface area contributed by atoms with Crippen LogP contribution in [-0.4, -0.2) is 100 Å². The summed E-state index contributed by atoms with van der Waals surface area (Å²) >= 11 is 0. The maximum absolute atomic E-state index is 14.0. The van der Waals surface area contributed by atoms with Crippen molar-refractivity contribution in [1.29, 1.82) is 0 Å². The van der Waals surface area contributed by atoms with E-state index in [1.807, 2.05) is 0 Å². The van der Waals surface area contributed by atoms with Crippen LogP contribution < -0.4 is 10.6 Å². The number of nitrogens with one attached hydrogen (secondary N) is 2. The van der Waals surface area contributed by atoms with Crippen molar-refractivity contribution < 1.29 is 62.1 Å². The largest absolute Gasteiger partial charge is 0.460 e. The van der Waals surface area contributed by atoms with Gasteiger partial charge in [0.25, 0.3) is 5.91 Å². The van der Waals surface area contributed by atoms with Gasteiger partial charge in [-0.1, -0.05) is 44.2 Å². The zero-order valence-corrected chi connectivity index (χ0v) is 35.4. The molecule has 16 nitrogen and oxygen atoms in total. The molecule has 3 amide bonds. The van der Waals surface area contributed by atoms with E-state index in [0.717, 1.165) is 11.8 Å². The van der Waals surface area contributed by atoms with Crippen LogP contribution in [0.25, 0.3) is 0 Å². The van der Waals surface area contributed by atoms with Gasteiger partial charge in [-0.15, -0.1) is 0 Å². The molecule has 1 aromatic carbocycles. The molecule has 0 spiro atoms. The lowest BCUT2D eigenvalue weighted by Crippen LogP contribution is -2.52. The van der Waals surface area contributed by atoms with Gasteiger partial charge in [-0.05, 0) is 80.2 Å². The van der Waals surface area contributed by atoms with E-state index in [1.165, 1.54) is 0 Å². The number of carbonyl (C=O) groups excluding carboxylic acids is 9. The fraction of sp³-hybridized carbons (Fsp3) is 0.634. The van der Waals surface area contributed by atoms with Crippen molar-refractivity contribution in [3.8, 4) is 0 Å². The minimum absolute atomic E-state index is 0.140. The van der Waals surface area contributed by atoms with E-state index in [1.54, 1.807) is 106 Å². The fourth-order valence-corrected chi connectivity index (χ4v) is 5.23. The maximum atomic E-state index is 14.0. The monoisotopic (exact) mass is 803 g/mol. The summed E-state index contributed by atoms with van der Waals surface area (Å²) in [7, 11) is 0. The molecule has 0 saturated carbocycles. The van der Waals surface area contributed by atoms with Crippen LogP contribution in [0, 0.1) is 11.8 Å². The Balaban J connectivity index is 3.43. The molecule has 0 radical (unpaired) electrons. The molecule has 2 N–H and O–H groups in total. The first kappa shape index (κ1) is 49.9. The molecule has 3 atom stereocenters. The summed E-state index contributed by atoms with van der Waals surface area (Å²) < 4.78 is 21.3. The van der Waals surface area contributed by atoms with Crippen molar-refractivity contribution in [3.05, 3.63) is 35.9 Å². The zero-order chi connectivity index (χ0) is 43.9. The van der Waals surface area contributed by atoms with E-state index < -0.39 is 120 Å². The van der Waals surface area contributed by atoms with Gasteiger partial charge in [-0.2, -0.15) is 0 Å². The van der Waals surface area contributed by atoms with Gasteiger partial charge in [0.2, 0.25) is 11.7 Å². The van der Waals surface area contributed by atoms with Crippen LogP contribution >= 0.6 is 0 Å². The second-order valence-corrected chi connectivity index (χ2v) is 17.0. The lowest BCUT2D eigenvalue weighted by molar-refractivity contribution is -0.160. The number of amides is 3. The average molecular weight is 804 g/mol. The Morgan fingerprint density at radius 3 is 1.70 bits per heavy atom. The predicted octanol–water partition coefficient (Wildman–Crippen LogP) is 4.18. The van der Waals surface area contributed by atoms with Crippen LogP contribution in [0.4, 0.5) is 4.79 Å². The Morgan fingerprint density at radius 2 is 1.19 bits per heavy atom. The van der Waals surface area contributed by atoms with Crippen molar-refractivity contribution in [3.63, 3.8) is 0 Å². The van der Waals surface area contributed by atoms with Crippen LogP contribution in [-0.2, 0) is 63.9 Å². The third-order valence-electron chi connectivity index (χ3n) is 7.61. The fourth-order valence-electron chi connectivity index (χ4n) is 5.23. The number of ketones is 3. The highest BCUT2D eigenvalue weighted by Crippen LogP contribution is 2.20. The Bertz CT molecular complexity index is 1600. The molecule has 0 bridgehead atoms. The Morgan fingerprint density at radius 1 is 0.667 bits per heavy atom. The third-order valence-corrected chi connectivity index (χ3v) is 7.61. The summed E-state index contributed by atoms with van der Waals surface area (Å²) in [6.07, 6.45) is -2.79. The van der Waals surface area contributed by atoms with Crippen molar-refractivity contribution >= 4 is 53.2 Å². The third kappa shape index (κ3) is 21.1. The number of carbonyl (C=O) groups is 9. The summed E-state index contributed by atoms with van der Waals surface area (Å²) in [6.45, 7) is 17.3. The van der Waals surface area contributed by atoms with Crippen LogP contribution in [0.5, 0.6) is 0 Å². The highest BCUT2D eigenvalue weighted by Gasteiger charge is 2.35. The van der Waals surface area contributed by atoms with Crippen LogP contribution in [0.3, 0.4) is 0 Å². The maximum Gasteiger partial charge on any atom is 0.408 e. The number of hydrogen-bond donors (Lipinski definition) is 2. The summed E-state index contributed by atoms with van der Waals surface area (Å²) in [6, 6.07) is 5.92. The zero-order valence-electron chi connectivity index (χ0n) is 35.4. The van der Waals surface area contributed by atoms with E-state index in [0.29, 0.717) is 5.56 Å². The van der Waals surface area contributed by atoms with Crippen molar-refractivity contribution in [2.75, 3.05) is 13.1 Å².